The average molecular weight is 353 g/mol. The number of rotatable bonds is 6. The third-order valence-electron chi connectivity index (χ3n) is 6.17. The Balaban J connectivity index is 1.43. The van der Waals surface area contributed by atoms with Gasteiger partial charge in [-0.05, 0) is 37.7 Å². The molecule has 3 aliphatic rings. The van der Waals surface area contributed by atoms with Crippen molar-refractivity contribution in [3.63, 3.8) is 0 Å². The first-order chi connectivity index (χ1) is 12.7. The van der Waals surface area contributed by atoms with Crippen molar-refractivity contribution in [2.75, 3.05) is 19.6 Å². The molecule has 4 nitrogen and oxygen atoms in total. The highest BCUT2D eigenvalue weighted by Gasteiger charge is 2.34. The lowest BCUT2D eigenvalue weighted by atomic mass is 9.94. The van der Waals surface area contributed by atoms with Crippen molar-refractivity contribution in [3.05, 3.63) is 53.3 Å². The summed E-state index contributed by atoms with van der Waals surface area (Å²) in [6, 6.07) is 11.7. The van der Waals surface area contributed by atoms with Gasteiger partial charge in [0, 0.05) is 56.6 Å². The second-order valence-corrected chi connectivity index (χ2v) is 8.18. The molecule has 0 aliphatic carbocycles. The van der Waals surface area contributed by atoms with Gasteiger partial charge in [-0.2, -0.15) is 5.10 Å². The van der Waals surface area contributed by atoms with Gasteiger partial charge in [-0.3, -0.25) is 14.5 Å². The van der Waals surface area contributed by atoms with Crippen LogP contribution in [0.5, 0.6) is 0 Å². The summed E-state index contributed by atoms with van der Waals surface area (Å²) in [5.74, 6) is 0.809. The summed E-state index contributed by atoms with van der Waals surface area (Å²) in [6.07, 6.45) is 5.98. The Morgan fingerprint density at radius 3 is 2.69 bits per heavy atom. The van der Waals surface area contributed by atoms with Crippen LogP contribution in [-0.4, -0.2) is 45.3 Å². The molecule has 0 N–H and O–H groups in total. The molecule has 4 heterocycles. The summed E-state index contributed by atoms with van der Waals surface area (Å²) in [5.41, 5.74) is 4.21. The van der Waals surface area contributed by atoms with Crippen molar-refractivity contribution < 1.29 is 0 Å². The lowest BCUT2D eigenvalue weighted by molar-refractivity contribution is 0.123. The maximum absolute atomic E-state index is 4.60. The minimum Gasteiger partial charge on any atom is -0.297 e. The monoisotopic (exact) mass is 352 g/mol. The molecule has 1 aromatic heterocycles. The highest BCUT2D eigenvalue weighted by atomic mass is 15.3. The Morgan fingerprint density at radius 1 is 1.04 bits per heavy atom. The van der Waals surface area contributed by atoms with Gasteiger partial charge in [0.25, 0.3) is 0 Å². The zero-order valence-corrected chi connectivity index (χ0v) is 16.3. The summed E-state index contributed by atoms with van der Waals surface area (Å²) in [7, 11) is 0. The van der Waals surface area contributed by atoms with Crippen molar-refractivity contribution in [2.24, 2.45) is 5.92 Å². The van der Waals surface area contributed by atoms with E-state index in [1.807, 2.05) is 0 Å². The van der Waals surface area contributed by atoms with Crippen molar-refractivity contribution >= 4 is 0 Å². The predicted octanol–water partition coefficient (Wildman–Crippen LogP) is 3.70. The predicted molar refractivity (Wildman–Crippen MR) is 106 cm³/mol. The number of hydrogen-bond acceptors (Lipinski definition) is 3. The fraction of sp³-hybridized carbons (Fsp3) is 0.591. The SMILES string of the molecule is CCCn1ncc(CN2C[C@H]3CC[C@@H](C2)N(Cc2ccccc2)C3)c1C. The van der Waals surface area contributed by atoms with E-state index in [1.165, 1.54) is 49.3 Å². The fourth-order valence-electron chi connectivity index (χ4n) is 4.74. The first kappa shape index (κ1) is 17.7. The zero-order chi connectivity index (χ0) is 17.9. The molecular formula is C22H32N4. The van der Waals surface area contributed by atoms with Crippen LogP contribution >= 0.6 is 0 Å². The maximum Gasteiger partial charge on any atom is 0.0537 e. The molecule has 0 unspecified atom stereocenters. The van der Waals surface area contributed by atoms with E-state index in [9.17, 15) is 0 Å². The van der Waals surface area contributed by atoms with Gasteiger partial charge in [0.05, 0.1) is 6.20 Å². The van der Waals surface area contributed by atoms with Crippen LogP contribution in [0.2, 0.25) is 0 Å². The second-order valence-electron chi connectivity index (χ2n) is 8.18. The summed E-state index contributed by atoms with van der Waals surface area (Å²) >= 11 is 0. The van der Waals surface area contributed by atoms with Gasteiger partial charge in [0.2, 0.25) is 0 Å². The van der Waals surface area contributed by atoms with E-state index >= 15 is 0 Å². The Bertz CT molecular complexity index is 708. The van der Waals surface area contributed by atoms with Crippen molar-refractivity contribution in [3.8, 4) is 0 Å². The normalized spacial score (nSPS) is 24.1. The Kier molecular flexibility index (Phi) is 5.41. The van der Waals surface area contributed by atoms with Crippen molar-refractivity contribution in [2.45, 2.75) is 58.8 Å². The average Bonchev–Trinajstić information content (AvgIpc) is 2.82. The molecule has 3 saturated heterocycles. The first-order valence-corrected chi connectivity index (χ1v) is 10.2. The van der Waals surface area contributed by atoms with E-state index in [-0.39, 0.29) is 0 Å². The van der Waals surface area contributed by atoms with Crippen molar-refractivity contribution in [1.82, 2.24) is 19.6 Å². The van der Waals surface area contributed by atoms with Crippen molar-refractivity contribution in [1.29, 1.82) is 0 Å². The number of benzene rings is 1. The number of hydrogen-bond donors (Lipinski definition) is 0. The van der Waals surface area contributed by atoms with Crippen LogP contribution in [0.25, 0.3) is 0 Å². The van der Waals surface area contributed by atoms with Gasteiger partial charge in [-0.15, -0.1) is 0 Å². The molecule has 0 saturated carbocycles. The van der Waals surface area contributed by atoms with Gasteiger partial charge in [-0.1, -0.05) is 37.3 Å². The van der Waals surface area contributed by atoms with E-state index in [1.54, 1.807) is 0 Å². The van der Waals surface area contributed by atoms with Crippen LogP contribution in [0.1, 0.15) is 43.0 Å². The summed E-state index contributed by atoms with van der Waals surface area (Å²) in [4.78, 5) is 5.42. The quantitative estimate of drug-likeness (QED) is 0.792. The van der Waals surface area contributed by atoms with Crippen LogP contribution in [0.4, 0.5) is 0 Å². The van der Waals surface area contributed by atoms with E-state index in [4.69, 9.17) is 0 Å². The van der Waals surface area contributed by atoms with Crippen LogP contribution in [-0.2, 0) is 19.6 Å². The number of aromatic nitrogens is 2. The molecule has 4 heteroatoms. The first-order valence-electron chi connectivity index (χ1n) is 10.2. The maximum atomic E-state index is 4.60. The third kappa shape index (κ3) is 3.86. The van der Waals surface area contributed by atoms with Gasteiger partial charge >= 0.3 is 0 Å². The fourth-order valence-corrected chi connectivity index (χ4v) is 4.74. The lowest BCUT2D eigenvalue weighted by Crippen LogP contribution is -2.43. The van der Waals surface area contributed by atoms with Crippen LogP contribution in [0.3, 0.4) is 0 Å². The number of piperidine rings is 1. The molecule has 0 radical (unpaired) electrons. The molecule has 140 valence electrons. The molecule has 26 heavy (non-hydrogen) atoms. The molecule has 2 aromatic rings. The van der Waals surface area contributed by atoms with Crippen LogP contribution in [0, 0.1) is 12.8 Å². The number of fused-ring (bicyclic) bond motifs is 4. The van der Waals surface area contributed by atoms with Gasteiger partial charge < -0.3 is 0 Å². The molecule has 1 aromatic carbocycles. The van der Waals surface area contributed by atoms with E-state index in [2.05, 4.69) is 70.0 Å². The van der Waals surface area contributed by atoms with Crippen LogP contribution < -0.4 is 0 Å². The highest BCUT2D eigenvalue weighted by Crippen LogP contribution is 2.30. The van der Waals surface area contributed by atoms with E-state index in [0.717, 1.165) is 32.0 Å². The Labute approximate surface area is 157 Å². The molecule has 2 bridgehead atoms. The molecule has 0 spiro atoms. The largest absolute Gasteiger partial charge is 0.297 e. The van der Waals surface area contributed by atoms with Crippen LogP contribution in [0.15, 0.2) is 36.5 Å². The molecule has 2 atom stereocenters. The molecule has 5 rings (SSSR count). The third-order valence-corrected chi connectivity index (χ3v) is 6.17. The highest BCUT2D eigenvalue weighted by molar-refractivity contribution is 5.17. The van der Waals surface area contributed by atoms with E-state index in [0.29, 0.717) is 6.04 Å². The van der Waals surface area contributed by atoms with Gasteiger partial charge in [0.1, 0.15) is 0 Å². The number of nitrogens with zero attached hydrogens (tertiary/aromatic N) is 4. The Morgan fingerprint density at radius 2 is 1.88 bits per heavy atom. The molecular weight excluding hydrogens is 320 g/mol. The summed E-state index contributed by atoms with van der Waals surface area (Å²) in [5, 5.41) is 4.60. The van der Waals surface area contributed by atoms with E-state index < -0.39 is 0 Å². The molecule has 3 fully saturated rings. The standard InChI is InChI=1S/C22H32N4/c1-3-11-26-18(2)21(12-23-26)16-24-13-20-9-10-22(17-24)25(15-20)14-19-7-5-4-6-8-19/h4-8,12,20,22H,3,9-11,13-17H2,1-2H3/t20-,22+/m1/s1. The second kappa shape index (κ2) is 7.93. The van der Waals surface area contributed by atoms with Gasteiger partial charge in [-0.25, -0.2) is 0 Å². The molecule has 0 amide bonds. The zero-order valence-electron chi connectivity index (χ0n) is 16.3. The van der Waals surface area contributed by atoms with Gasteiger partial charge in [0.15, 0.2) is 0 Å². The minimum atomic E-state index is 0.694. The smallest absolute Gasteiger partial charge is 0.0537 e. The topological polar surface area (TPSA) is 24.3 Å². The summed E-state index contributed by atoms with van der Waals surface area (Å²) < 4.78 is 2.17. The lowest BCUT2D eigenvalue weighted by Gasteiger charge is -2.36. The number of aryl methyl sites for hydroxylation is 1. The molecule has 3 aliphatic heterocycles. The summed E-state index contributed by atoms with van der Waals surface area (Å²) in [6.45, 7) is 11.3. The Hall–Kier alpha value is -1.65. The minimum absolute atomic E-state index is 0.694.